The standard InChI is InChI=1S/C16H20N2O4/c1-11(14(20)17-9-5-2-6-10-19)18-15(21)12-7-3-4-8-13(12)16(18)22/h3-4,7-8,11,19H,2,5-6,9-10H2,1H3,(H,17,20). The average molecular weight is 304 g/mol. The van der Waals surface area contributed by atoms with Crippen LogP contribution in [0.25, 0.3) is 0 Å². The summed E-state index contributed by atoms with van der Waals surface area (Å²) in [7, 11) is 0. The highest BCUT2D eigenvalue weighted by Gasteiger charge is 2.40. The van der Waals surface area contributed by atoms with Gasteiger partial charge in [0.1, 0.15) is 6.04 Å². The van der Waals surface area contributed by atoms with E-state index in [1.807, 2.05) is 0 Å². The predicted molar refractivity (Wildman–Crippen MR) is 80.4 cm³/mol. The number of amides is 3. The van der Waals surface area contributed by atoms with E-state index in [-0.39, 0.29) is 12.5 Å². The molecular weight excluding hydrogens is 284 g/mol. The second-order valence-electron chi connectivity index (χ2n) is 5.28. The van der Waals surface area contributed by atoms with E-state index in [2.05, 4.69) is 5.32 Å². The third kappa shape index (κ3) is 3.17. The number of nitrogens with zero attached hydrogens (tertiary/aromatic N) is 1. The molecule has 118 valence electrons. The van der Waals surface area contributed by atoms with Crippen molar-refractivity contribution in [2.24, 2.45) is 0 Å². The lowest BCUT2D eigenvalue weighted by Crippen LogP contribution is -2.48. The summed E-state index contributed by atoms with van der Waals surface area (Å²) >= 11 is 0. The Morgan fingerprint density at radius 2 is 1.73 bits per heavy atom. The van der Waals surface area contributed by atoms with Gasteiger partial charge in [0.2, 0.25) is 5.91 Å². The Bertz CT molecular complexity index is 550. The maximum absolute atomic E-state index is 12.3. The van der Waals surface area contributed by atoms with Gasteiger partial charge >= 0.3 is 0 Å². The van der Waals surface area contributed by atoms with Gasteiger partial charge in [-0.05, 0) is 38.3 Å². The number of imide groups is 1. The van der Waals surface area contributed by atoms with Gasteiger partial charge in [-0.3, -0.25) is 19.3 Å². The average Bonchev–Trinajstić information content (AvgIpc) is 2.78. The van der Waals surface area contributed by atoms with Crippen molar-refractivity contribution in [3.63, 3.8) is 0 Å². The van der Waals surface area contributed by atoms with Crippen molar-refractivity contribution in [2.45, 2.75) is 32.2 Å². The van der Waals surface area contributed by atoms with Crippen molar-refractivity contribution in [3.05, 3.63) is 35.4 Å². The van der Waals surface area contributed by atoms with Crippen LogP contribution in [0.3, 0.4) is 0 Å². The zero-order valence-electron chi connectivity index (χ0n) is 12.5. The third-order valence-electron chi connectivity index (χ3n) is 3.73. The molecule has 1 unspecified atom stereocenters. The minimum Gasteiger partial charge on any atom is -0.396 e. The van der Waals surface area contributed by atoms with E-state index in [1.165, 1.54) is 0 Å². The summed E-state index contributed by atoms with van der Waals surface area (Å²) in [4.78, 5) is 37.6. The van der Waals surface area contributed by atoms with Gasteiger partial charge in [-0.25, -0.2) is 0 Å². The van der Waals surface area contributed by atoms with Crippen LogP contribution < -0.4 is 5.32 Å². The molecule has 0 bridgehead atoms. The molecule has 1 aliphatic heterocycles. The highest BCUT2D eigenvalue weighted by Crippen LogP contribution is 2.24. The molecular formula is C16H20N2O4. The molecule has 22 heavy (non-hydrogen) atoms. The number of hydrogen-bond donors (Lipinski definition) is 2. The van der Waals surface area contributed by atoms with Crippen molar-refractivity contribution in [1.29, 1.82) is 0 Å². The molecule has 0 fully saturated rings. The lowest BCUT2D eigenvalue weighted by atomic mass is 10.1. The Kier molecular flexibility index (Phi) is 5.27. The number of nitrogens with one attached hydrogen (secondary N) is 1. The topological polar surface area (TPSA) is 86.7 Å². The summed E-state index contributed by atoms with van der Waals surface area (Å²) in [5.74, 6) is -1.20. The lowest BCUT2D eigenvalue weighted by molar-refractivity contribution is -0.124. The number of carbonyl (C=O) groups excluding carboxylic acids is 3. The minimum atomic E-state index is -0.842. The monoisotopic (exact) mass is 304 g/mol. The van der Waals surface area contributed by atoms with Crippen LogP contribution in [0.5, 0.6) is 0 Å². The first-order valence-corrected chi connectivity index (χ1v) is 7.43. The quantitative estimate of drug-likeness (QED) is 0.580. The number of unbranched alkanes of at least 4 members (excludes halogenated alkanes) is 2. The molecule has 1 atom stereocenters. The third-order valence-corrected chi connectivity index (χ3v) is 3.73. The second kappa shape index (κ2) is 7.17. The van der Waals surface area contributed by atoms with Crippen LogP contribution >= 0.6 is 0 Å². The van der Waals surface area contributed by atoms with Crippen LogP contribution in [-0.4, -0.2) is 46.9 Å². The molecule has 6 heteroatoms. The number of hydrogen-bond acceptors (Lipinski definition) is 4. The summed E-state index contributed by atoms with van der Waals surface area (Å²) in [6.45, 7) is 2.15. The van der Waals surface area contributed by atoms with Crippen LogP contribution in [0, 0.1) is 0 Å². The van der Waals surface area contributed by atoms with Crippen LogP contribution in [0.1, 0.15) is 46.9 Å². The Hall–Kier alpha value is -2.21. The van der Waals surface area contributed by atoms with Gasteiger partial charge in [0.25, 0.3) is 11.8 Å². The summed E-state index contributed by atoms with van der Waals surface area (Å²) < 4.78 is 0. The summed E-state index contributed by atoms with van der Waals surface area (Å²) in [6.07, 6.45) is 2.27. The van der Waals surface area contributed by atoms with Crippen molar-refractivity contribution in [3.8, 4) is 0 Å². The van der Waals surface area contributed by atoms with E-state index in [9.17, 15) is 14.4 Å². The Balaban J connectivity index is 1.96. The van der Waals surface area contributed by atoms with Gasteiger partial charge in [0, 0.05) is 13.2 Å². The summed E-state index contributed by atoms with van der Waals surface area (Å²) in [5, 5.41) is 11.4. The minimum absolute atomic E-state index is 0.138. The van der Waals surface area contributed by atoms with Gasteiger partial charge < -0.3 is 10.4 Å². The number of carbonyl (C=O) groups is 3. The molecule has 0 saturated heterocycles. The zero-order chi connectivity index (χ0) is 16.1. The molecule has 0 aromatic heterocycles. The van der Waals surface area contributed by atoms with Crippen LogP contribution in [0.4, 0.5) is 0 Å². The SMILES string of the molecule is CC(C(=O)NCCCCCO)N1C(=O)c2ccccc2C1=O. The fourth-order valence-electron chi connectivity index (χ4n) is 2.45. The number of aliphatic hydroxyl groups excluding tert-OH is 1. The summed E-state index contributed by atoms with van der Waals surface area (Å²) in [5.41, 5.74) is 0.685. The second-order valence-corrected chi connectivity index (χ2v) is 5.28. The molecule has 0 radical (unpaired) electrons. The van der Waals surface area contributed by atoms with Crippen LogP contribution in [0.15, 0.2) is 24.3 Å². The first-order chi connectivity index (χ1) is 10.6. The maximum Gasteiger partial charge on any atom is 0.262 e. The molecule has 0 aliphatic carbocycles. The predicted octanol–water partition coefficient (Wildman–Crippen LogP) is 0.950. The number of fused-ring (bicyclic) bond motifs is 1. The molecule has 2 N–H and O–H groups in total. The van der Waals surface area contributed by atoms with Crippen LogP contribution in [0.2, 0.25) is 0 Å². The molecule has 1 aromatic rings. The molecule has 2 rings (SSSR count). The fraction of sp³-hybridized carbons (Fsp3) is 0.438. The molecule has 0 saturated carbocycles. The van der Waals surface area contributed by atoms with E-state index < -0.39 is 17.9 Å². The van der Waals surface area contributed by atoms with Gasteiger partial charge in [-0.2, -0.15) is 0 Å². The molecule has 1 aromatic carbocycles. The molecule has 6 nitrogen and oxygen atoms in total. The number of benzene rings is 1. The lowest BCUT2D eigenvalue weighted by Gasteiger charge is -2.21. The van der Waals surface area contributed by atoms with Crippen molar-refractivity contribution in [1.82, 2.24) is 10.2 Å². The smallest absolute Gasteiger partial charge is 0.262 e. The largest absolute Gasteiger partial charge is 0.396 e. The van der Waals surface area contributed by atoms with Gasteiger partial charge in [0.05, 0.1) is 11.1 Å². The van der Waals surface area contributed by atoms with E-state index in [0.29, 0.717) is 24.1 Å². The number of aliphatic hydroxyl groups is 1. The fourth-order valence-corrected chi connectivity index (χ4v) is 2.45. The van der Waals surface area contributed by atoms with E-state index in [4.69, 9.17) is 5.11 Å². The van der Waals surface area contributed by atoms with Crippen molar-refractivity contribution in [2.75, 3.05) is 13.2 Å². The zero-order valence-corrected chi connectivity index (χ0v) is 12.5. The normalized spacial score (nSPS) is 14.9. The van der Waals surface area contributed by atoms with E-state index >= 15 is 0 Å². The van der Waals surface area contributed by atoms with Crippen molar-refractivity contribution >= 4 is 17.7 Å². The van der Waals surface area contributed by atoms with E-state index in [1.54, 1.807) is 31.2 Å². The number of rotatable bonds is 7. The first-order valence-electron chi connectivity index (χ1n) is 7.43. The Labute approximate surface area is 129 Å². The molecule has 3 amide bonds. The Morgan fingerprint density at radius 1 is 1.14 bits per heavy atom. The highest BCUT2D eigenvalue weighted by atomic mass is 16.3. The highest BCUT2D eigenvalue weighted by molar-refractivity contribution is 6.22. The van der Waals surface area contributed by atoms with Gasteiger partial charge in [0.15, 0.2) is 0 Å². The van der Waals surface area contributed by atoms with Crippen LogP contribution in [-0.2, 0) is 4.79 Å². The summed E-state index contributed by atoms with van der Waals surface area (Å²) in [6, 6.07) is 5.73. The molecule has 1 heterocycles. The molecule has 1 aliphatic rings. The first kappa shape index (κ1) is 16.2. The maximum atomic E-state index is 12.3. The van der Waals surface area contributed by atoms with E-state index in [0.717, 1.165) is 17.7 Å². The van der Waals surface area contributed by atoms with Crippen molar-refractivity contribution < 1.29 is 19.5 Å². The Morgan fingerprint density at radius 3 is 2.27 bits per heavy atom. The van der Waals surface area contributed by atoms with Gasteiger partial charge in [-0.15, -0.1) is 0 Å². The van der Waals surface area contributed by atoms with Gasteiger partial charge in [-0.1, -0.05) is 12.1 Å². The molecule has 0 spiro atoms.